The van der Waals surface area contributed by atoms with Crippen LogP contribution >= 0.6 is 11.6 Å². The summed E-state index contributed by atoms with van der Waals surface area (Å²) in [7, 11) is 0. The van der Waals surface area contributed by atoms with Gasteiger partial charge in [0.1, 0.15) is 18.2 Å². The monoisotopic (exact) mass is 265 g/mol. The lowest BCUT2D eigenvalue weighted by atomic mass is 10.2. The normalized spacial score (nSPS) is 10.4. The van der Waals surface area contributed by atoms with Gasteiger partial charge in [-0.15, -0.1) is 0 Å². The minimum absolute atomic E-state index is 0.105. The Kier molecular flexibility index (Phi) is 4.18. The summed E-state index contributed by atoms with van der Waals surface area (Å²) in [6, 6.07) is 11.9. The fourth-order valence-electron chi connectivity index (χ4n) is 1.55. The van der Waals surface area contributed by atoms with Gasteiger partial charge in [0.15, 0.2) is 0 Å². The van der Waals surface area contributed by atoms with Gasteiger partial charge >= 0.3 is 0 Å². The lowest BCUT2D eigenvalue weighted by Crippen LogP contribution is -2.00. The van der Waals surface area contributed by atoms with Crippen molar-refractivity contribution in [2.45, 2.75) is 13.2 Å². The number of benzene rings is 2. The third-order valence-corrected chi connectivity index (χ3v) is 2.96. The van der Waals surface area contributed by atoms with E-state index in [2.05, 4.69) is 0 Å². The van der Waals surface area contributed by atoms with Crippen molar-refractivity contribution in [3.63, 3.8) is 0 Å². The van der Waals surface area contributed by atoms with E-state index in [0.717, 1.165) is 5.56 Å². The van der Waals surface area contributed by atoms with Crippen LogP contribution in [0.3, 0.4) is 0 Å². The highest BCUT2D eigenvalue weighted by Crippen LogP contribution is 2.21. The number of hydrogen-bond donors (Lipinski definition) is 1. The molecule has 2 nitrogen and oxygen atoms in total. The Balaban J connectivity index is 2.06. The van der Waals surface area contributed by atoms with Crippen LogP contribution in [0.2, 0.25) is 5.02 Å². The molecule has 94 valence electrons. The Morgan fingerprint density at radius 1 is 1.11 bits per heavy atom. The Morgan fingerprint density at radius 2 is 1.83 bits per heavy atom. The van der Waals surface area contributed by atoms with Crippen LogP contribution in [0.5, 0.6) is 5.75 Å². The number of halogens is 2. The second-order valence-corrected chi connectivity index (χ2v) is 4.24. The molecule has 0 heterocycles. The molecule has 0 spiro atoms. The maximum Gasteiger partial charge on any atom is 0.131 e. The molecule has 0 fully saturated rings. The van der Waals surface area contributed by atoms with Crippen molar-refractivity contribution in [1.82, 2.24) is 0 Å². The van der Waals surface area contributed by atoms with Crippen LogP contribution < -0.4 is 10.5 Å². The summed E-state index contributed by atoms with van der Waals surface area (Å²) < 4.78 is 19.0. The molecule has 0 atom stereocenters. The predicted octanol–water partition coefficient (Wildman–Crippen LogP) is 3.52. The molecular weight excluding hydrogens is 253 g/mol. The molecule has 18 heavy (non-hydrogen) atoms. The highest BCUT2D eigenvalue weighted by Gasteiger charge is 2.07. The summed E-state index contributed by atoms with van der Waals surface area (Å²) in [4.78, 5) is 0. The van der Waals surface area contributed by atoms with Crippen molar-refractivity contribution in [2.75, 3.05) is 0 Å². The molecule has 2 aromatic rings. The zero-order chi connectivity index (χ0) is 13.0. The Morgan fingerprint density at radius 3 is 2.44 bits per heavy atom. The van der Waals surface area contributed by atoms with Gasteiger partial charge in [0, 0.05) is 12.1 Å². The molecule has 2 N–H and O–H groups in total. The summed E-state index contributed by atoms with van der Waals surface area (Å²) in [6.45, 7) is 0.590. The van der Waals surface area contributed by atoms with Crippen molar-refractivity contribution in [3.05, 3.63) is 64.4 Å². The Hall–Kier alpha value is -1.58. The molecule has 0 aliphatic heterocycles. The highest BCUT2D eigenvalue weighted by molar-refractivity contribution is 6.31. The highest BCUT2D eigenvalue weighted by atomic mass is 35.5. The smallest absolute Gasteiger partial charge is 0.131 e. The second kappa shape index (κ2) is 5.85. The van der Waals surface area contributed by atoms with Gasteiger partial charge in [0.25, 0.3) is 0 Å². The zero-order valence-electron chi connectivity index (χ0n) is 9.70. The van der Waals surface area contributed by atoms with Crippen molar-refractivity contribution >= 4 is 11.6 Å². The number of hydrogen-bond acceptors (Lipinski definition) is 2. The first kappa shape index (κ1) is 12.9. The standard InChI is InChI=1S/C14H13ClFNO/c15-13-2-1-3-14(16)12(13)9-18-11-6-4-10(8-17)5-7-11/h1-7H,8-9,17H2. The summed E-state index contributed by atoms with van der Waals surface area (Å²) in [5.74, 6) is 0.299. The largest absolute Gasteiger partial charge is 0.489 e. The molecule has 0 unspecified atom stereocenters. The van der Waals surface area contributed by atoms with E-state index in [1.807, 2.05) is 12.1 Å². The zero-order valence-corrected chi connectivity index (χ0v) is 10.5. The fourth-order valence-corrected chi connectivity index (χ4v) is 1.77. The summed E-state index contributed by atoms with van der Waals surface area (Å²) in [5, 5.41) is 0.369. The number of rotatable bonds is 4. The van der Waals surface area contributed by atoms with E-state index in [4.69, 9.17) is 22.1 Å². The average molecular weight is 266 g/mol. The van der Waals surface area contributed by atoms with Gasteiger partial charge in [-0.2, -0.15) is 0 Å². The minimum Gasteiger partial charge on any atom is -0.489 e. The molecule has 0 aliphatic carbocycles. The van der Waals surface area contributed by atoms with E-state index in [1.54, 1.807) is 24.3 Å². The molecule has 0 aliphatic rings. The molecule has 0 saturated heterocycles. The van der Waals surface area contributed by atoms with Gasteiger partial charge in [-0.1, -0.05) is 29.8 Å². The van der Waals surface area contributed by atoms with Crippen LogP contribution in [0.4, 0.5) is 4.39 Å². The van der Waals surface area contributed by atoms with Crippen molar-refractivity contribution in [1.29, 1.82) is 0 Å². The van der Waals surface area contributed by atoms with Crippen LogP contribution in [-0.4, -0.2) is 0 Å². The first-order chi connectivity index (χ1) is 8.70. The average Bonchev–Trinajstić information content (AvgIpc) is 2.39. The minimum atomic E-state index is -0.360. The topological polar surface area (TPSA) is 35.2 Å². The van der Waals surface area contributed by atoms with E-state index in [1.165, 1.54) is 6.07 Å². The lowest BCUT2D eigenvalue weighted by Gasteiger charge is -2.09. The molecule has 4 heteroatoms. The van der Waals surface area contributed by atoms with Crippen LogP contribution in [0.25, 0.3) is 0 Å². The third kappa shape index (κ3) is 3.00. The van der Waals surface area contributed by atoms with Crippen LogP contribution in [0.1, 0.15) is 11.1 Å². The quantitative estimate of drug-likeness (QED) is 0.918. The van der Waals surface area contributed by atoms with Gasteiger partial charge in [0.05, 0.1) is 5.02 Å². The van der Waals surface area contributed by atoms with Gasteiger partial charge in [-0.05, 0) is 29.8 Å². The first-order valence-corrected chi connectivity index (χ1v) is 5.93. The predicted molar refractivity (Wildman–Crippen MR) is 70.1 cm³/mol. The summed E-state index contributed by atoms with van der Waals surface area (Å²) in [6.07, 6.45) is 0. The SMILES string of the molecule is NCc1ccc(OCc2c(F)cccc2Cl)cc1. The molecule has 0 aromatic heterocycles. The van der Waals surface area contributed by atoms with E-state index in [-0.39, 0.29) is 12.4 Å². The van der Waals surface area contributed by atoms with Crippen molar-refractivity contribution in [3.8, 4) is 5.75 Å². The van der Waals surface area contributed by atoms with Gasteiger partial charge in [-0.3, -0.25) is 0 Å². The first-order valence-electron chi connectivity index (χ1n) is 5.55. The lowest BCUT2D eigenvalue weighted by molar-refractivity contribution is 0.300. The maximum atomic E-state index is 13.5. The molecule has 2 aromatic carbocycles. The van der Waals surface area contributed by atoms with Crippen LogP contribution in [0.15, 0.2) is 42.5 Å². The van der Waals surface area contributed by atoms with Crippen LogP contribution in [0, 0.1) is 5.82 Å². The summed E-state index contributed by atoms with van der Waals surface area (Å²) in [5.41, 5.74) is 6.88. The molecule has 0 bridgehead atoms. The molecule has 0 saturated carbocycles. The second-order valence-electron chi connectivity index (χ2n) is 3.84. The van der Waals surface area contributed by atoms with Gasteiger partial charge in [0.2, 0.25) is 0 Å². The Labute approximate surface area is 110 Å². The fraction of sp³-hybridized carbons (Fsp3) is 0.143. The molecule has 0 amide bonds. The van der Waals surface area contributed by atoms with Gasteiger partial charge < -0.3 is 10.5 Å². The van der Waals surface area contributed by atoms with Crippen LogP contribution in [-0.2, 0) is 13.2 Å². The number of ether oxygens (including phenoxy) is 1. The molecule has 0 radical (unpaired) electrons. The number of nitrogens with two attached hydrogens (primary N) is 1. The molecule has 2 rings (SSSR count). The van der Waals surface area contributed by atoms with Gasteiger partial charge in [-0.25, -0.2) is 4.39 Å². The summed E-state index contributed by atoms with van der Waals surface area (Å²) >= 11 is 5.91. The van der Waals surface area contributed by atoms with E-state index >= 15 is 0 Å². The third-order valence-electron chi connectivity index (χ3n) is 2.60. The van der Waals surface area contributed by atoms with E-state index in [9.17, 15) is 4.39 Å². The van der Waals surface area contributed by atoms with E-state index < -0.39 is 0 Å². The van der Waals surface area contributed by atoms with E-state index in [0.29, 0.717) is 22.9 Å². The van der Waals surface area contributed by atoms with Crippen molar-refractivity contribution < 1.29 is 9.13 Å². The van der Waals surface area contributed by atoms with Crippen molar-refractivity contribution in [2.24, 2.45) is 5.73 Å². The molecular formula is C14H13ClFNO. The maximum absolute atomic E-state index is 13.5. The Bertz CT molecular complexity index is 508.